The highest BCUT2D eigenvalue weighted by atomic mass is 16.3. The second-order valence-corrected chi connectivity index (χ2v) is 16.7. The first-order valence-corrected chi connectivity index (χ1v) is 22.6. The monoisotopic (exact) mass is 849 g/mol. The third-order valence-electron chi connectivity index (χ3n) is 13.3. The maximum Gasteiger partial charge on any atom is 0.223 e. The minimum Gasteiger partial charge on any atom is -0.456 e. The zero-order valence-corrected chi connectivity index (χ0v) is 36.1. The van der Waals surface area contributed by atoms with Gasteiger partial charge in [-0.15, -0.1) is 0 Å². The van der Waals surface area contributed by atoms with E-state index in [1.54, 1.807) is 0 Å². The van der Waals surface area contributed by atoms with E-state index in [0.29, 0.717) is 0 Å². The van der Waals surface area contributed by atoms with Crippen molar-refractivity contribution in [1.82, 2.24) is 32.5 Å². The molecule has 0 aliphatic carbocycles. The van der Waals surface area contributed by atoms with Crippen LogP contribution >= 0.6 is 0 Å². The highest BCUT2D eigenvalue weighted by Gasteiger charge is 2.22. The molecule has 66 heavy (non-hydrogen) atoms. The van der Waals surface area contributed by atoms with Gasteiger partial charge in [-0.1, -0.05) is 111 Å². The summed E-state index contributed by atoms with van der Waals surface area (Å²) in [5, 5.41) is 6.95. The fraction of sp³-hybridized carbons (Fsp3) is 0.0345. The molecule has 312 valence electrons. The minimum absolute atomic E-state index is 0.744. The van der Waals surface area contributed by atoms with Crippen LogP contribution in [-0.4, -0.2) is 32.5 Å². The molecule has 0 saturated carbocycles. The van der Waals surface area contributed by atoms with Gasteiger partial charge in [0.25, 0.3) is 0 Å². The van der Waals surface area contributed by atoms with Gasteiger partial charge in [-0.05, 0) is 103 Å². The minimum atomic E-state index is 0.744. The summed E-state index contributed by atoms with van der Waals surface area (Å²) in [5.41, 5.74) is 15.2. The molecular weight excluding hydrogens is 811 g/mol. The van der Waals surface area contributed by atoms with Gasteiger partial charge in [0.05, 0.1) is 60.9 Å². The number of fused-ring (bicyclic) bond motifs is 18. The Kier molecular flexibility index (Phi) is 7.66. The predicted molar refractivity (Wildman–Crippen MR) is 272 cm³/mol. The summed E-state index contributed by atoms with van der Waals surface area (Å²) in [5.74, 6) is 1.49. The van der Waals surface area contributed by atoms with Crippen molar-refractivity contribution >= 4 is 110 Å². The molecule has 8 heteroatoms. The molecule has 8 nitrogen and oxygen atoms in total. The van der Waals surface area contributed by atoms with Crippen LogP contribution in [0, 0.1) is 0 Å². The molecule has 15 aromatic rings. The standard InChI is InChI=1S/C56H33N7O.C2H6/c1-7-19-45-37(13-1)38-14-2-8-20-46(38)59(45)34-26-29-53-41(31-34)42-32-35(27-30-54(42)64-53)61-55-57-43-17-5-11-23-49(43)62(55)51-28-25-36(33-52(51)63-50-24-12-6-18-44(50)58-56(61)63)60-47-21-9-3-15-39(47)40-16-4-10-22-48(40)60;1-2/h1-33H;1-2H3. The van der Waals surface area contributed by atoms with Crippen LogP contribution in [-0.2, 0) is 0 Å². The summed E-state index contributed by atoms with van der Waals surface area (Å²) in [7, 11) is 0. The van der Waals surface area contributed by atoms with Crippen molar-refractivity contribution in [3.05, 3.63) is 200 Å². The summed E-state index contributed by atoms with van der Waals surface area (Å²) in [6.45, 7) is 4.00. The zero-order valence-electron chi connectivity index (χ0n) is 36.1. The normalized spacial score (nSPS) is 12.1. The number of aromatic nitrogens is 7. The lowest BCUT2D eigenvalue weighted by Crippen LogP contribution is -2.02. The molecule has 0 aliphatic heterocycles. The van der Waals surface area contributed by atoms with Gasteiger partial charge in [-0.2, -0.15) is 0 Å². The Hall–Kier alpha value is -8.88. The quantitative estimate of drug-likeness (QED) is 0.178. The molecule has 0 saturated heterocycles. The fourth-order valence-electron chi connectivity index (χ4n) is 10.6. The SMILES string of the molecule is CC.c1ccc2c(c1)nc1n(-c3ccc4oc5ccc(-n6c7ccccc7c7ccccc76)cc5c4c3)c3nc4ccccc4n3c3cc(-n4c5ccccc5c5ccccc54)ccc3n21. The Balaban J connectivity index is 0.00000205. The van der Waals surface area contributed by atoms with E-state index in [4.69, 9.17) is 14.4 Å². The molecule has 6 heterocycles. The second kappa shape index (κ2) is 13.8. The predicted octanol–water partition coefficient (Wildman–Crippen LogP) is 14.9. The largest absolute Gasteiger partial charge is 0.456 e. The second-order valence-electron chi connectivity index (χ2n) is 16.7. The number of imidazole rings is 2. The van der Waals surface area contributed by atoms with Gasteiger partial charge < -0.3 is 13.6 Å². The summed E-state index contributed by atoms with van der Waals surface area (Å²) >= 11 is 0. The molecule has 6 aromatic heterocycles. The van der Waals surface area contributed by atoms with Gasteiger partial charge in [0.15, 0.2) is 0 Å². The number of benzene rings is 9. The van der Waals surface area contributed by atoms with Crippen LogP contribution in [0.3, 0.4) is 0 Å². The highest BCUT2D eigenvalue weighted by Crippen LogP contribution is 2.39. The zero-order chi connectivity index (χ0) is 43.6. The van der Waals surface area contributed by atoms with E-state index >= 15 is 0 Å². The maximum absolute atomic E-state index is 6.59. The van der Waals surface area contributed by atoms with Crippen LogP contribution in [0.15, 0.2) is 205 Å². The van der Waals surface area contributed by atoms with Crippen molar-refractivity contribution in [1.29, 1.82) is 0 Å². The topological polar surface area (TPSA) is 62.5 Å². The van der Waals surface area contributed by atoms with Crippen LogP contribution in [0.25, 0.3) is 127 Å². The summed E-state index contributed by atoms with van der Waals surface area (Å²) in [4.78, 5) is 10.9. The van der Waals surface area contributed by atoms with Crippen molar-refractivity contribution in [2.75, 3.05) is 0 Å². The van der Waals surface area contributed by atoms with Crippen LogP contribution in [0.2, 0.25) is 0 Å². The summed E-state index contributed by atoms with van der Waals surface area (Å²) < 4.78 is 18.1. The average Bonchev–Trinajstić information content (AvgIpc) is 4.18. The van der Waals surface area contributed by atoms with E-state index in [1.165, 1.54) is 32.6 Å². The Morgan fingerprint density at radius 1 is 0.303 bits per heavy atom. The van der Waals surface area contributed by atoms with Crippen molar-refractivity contribution < 1.29 is 4.42 Å². The van der Waals surface area contributed by atoms with E-state index < -0.39 is 0 Å². The summed E-state index contributed by atoms with van der Waals surface area (Å²) in [6.07, 6.45) is 0. The lowest BCUT2D eigenvalue weighted by molar-refractivity contribution is 0.669. The molecule has 0 fully saturated rings. The molecule has 0 radical (unpaired) electrons. The number of nitrogens with zero attached hydrogens (tertiary/aromatic N) is 7. The van der Waals surface area contributed by atoms with Crippen LogP contribution in [0.4, 0.5) is 0 Å². The van der Waals surface area contributed by atoms with Gasteiger partial charge in [-0.25, -0.2) is 14.5 Å². The first kappa shape index (κ1) is 36.6. The van der Waals surface area contributed by atoms with Crippen molar-refractivity contribution in [3.8, 4) is 17.1 Å². The first-order valence-electron chi connectivity index (χ1n) is 22.6. The summed E-state index contributed by atoms with van der Waals surface area (Å²) in [6, 6.07) is 71.2. The molecule has 0 atom stereocenters. The average molecular weight is 850 g/mol. The first-order chi connectivity index (χ1) is 32.7. The molecule has 0 bridgehead atoms. The van der Waals surface area contributed by atoms with Gasteiger partial charge >= 0.3 is 0 Å². The number of rotatable bonds is 3. The Bertz CT molecular complexity index is 4410. The molecule has 0 amide bonds. The Labute approximate surface area is 376 Å². The van der Waals surface area contributed by atoms with Gasteiger partial charge in [0, 0.05) is 43.7 Å². The molecular formula is C58H39N7O. The lowest BCUT2D eigenvalue weighted by atomic mass is 10.1. The van der Waals surface area contributed by atoms with Crippen LogP contribution in [0.1, 0.15) is 13.8 Å². The van der Waals surface area contributed by atoms with E-state index in [1.807, 2.05) is 13.8 Å². The number of hydrogen-bond acceptors (Lipinski definition) is 3. The van der Waals surface area contributed by atoms with Gasteiger partial charge in [0.2, 0.25) is 11.6 Å². The highest BCUT2D eigenvalue weighted by molar-refractivity contribution is 6.12. The molecule has 0 N–H and O–H groups in total. The van der Waals surface area contributed by atoms with Gasteiger partial charge in [0.1, 0.15) is 11.2 Å². The number of para-hydroxylation sites is 8. The number of furan rings is 1. The smallest absolute Gasteiger partial charge is 0.223 e. The number of hydrogen-bond donors (Lipinski definition) is 0. The van der Waals surface area contributed by atoms with E-state index in [-0.39, 0.29) is 0 Å². The van der Waals surface area contributed by atoms with Crippen LogP contribution in [0.5, 0.6) is 0 Å². The van der Waals surface area contributed by atoms with E-state index in [9.17, 15) is 0 Å². The molecule has 0 unspecified atom stereocenters. The molecule has 15 rings (SSSR count). The fourth-order valence-corrected chi connectivity index (χ4v) is 10.6. The maximum atomic E-state index is 6.59. The Morgan fingerprint density at radius 2 is 0.667 bits per heavy atom. The molecule has 9 aromatic carbocycles. The Morgan fingerprint density at radius 3 is 1.14 bits per heavy atom. The van der Waals surface area contributed by atoms with Crippen molar-refractivity contribution in [2.45, 2.75) is 13.8 Å². The van der Waals surface area contributed by atoms with Crippen molar-refractivity contribution in [2.24, 2.45) is 0 Å². The van der Waals surface area contributed by atoms with E-state index in [0.717, 1.165) is 94.7 Å². The van der Waals surface area contributed by atoms with Gasteiger partial charge in [-0.3, -0.25) is 8.80 Å². The molecule has 0 aliphatic rings. The third-order valence-corrected chi connectivity index (χ3v) is 13.3. The third kappa shape index (κ3) is 4.98. The van der Waals surface area contributed by atoms with Crippen LogP contribution < -0.4 is 0 Å². The van der Waals surface area contributed by atoms with Crippen molar-refractivity contribution in [3.63, 3.8) is 0 Å². The van der Waals surface area contributed by atoms with E-state index in [2.05, 4.69) is 223 Å². The lowest BCUT2D eigenvalue weighted by Gasteiger charge is -2.10. The molecule has 0 spiro atoms.